The molecule has 27 heavy (non-hydrogen) atoms. The van der Waals surface area contributed by atoms with Gasteiger partial charge in [0.2, 0.25) is 0 Å². The largest absolute Gasteiger partial charge is 0.354 e. The average Bonchev–Trinajstić information content (AvgIpc) is 3.22. The summed E-state index contributed by atoms with van der Waals surface area (Å²) in [6.07, 6.45) is 5.84. The Morgan fingerprint density at radius 1 is 1.19 bits per heavy atom. The summed E-state index contributed by atoms with van der Waals surface area (Å²) >= 11 is 1.69. The predicted octanol–water partition coefficient (Wildman–Crippen LogP) is 4.64. The third-order valence-electron chi connectivity index (χ3n) is 4.83. The highest BCUT2D eigenvalue weighted by Crippen LogP contribution is 2.31. The molecule has 6 heteroatoms. The molecule has 1 fully saturated rings. The van der Waals surface area contributed by atoms with Gasteiger partial charge in [-0.1, -0.05) is 6.07 Å². The van der Waals surface area contributed by atoms with E-state index in [1.807, 2.05) is 36.1 Å². The molecular weight excluding hydrogens is 356 g/mol. The molecule has 0 bridgehead atoms. The van der Waals surface area contributed by atoms with Crippen LogP contribution in [0.4, 0.5) is 11.4 Å². The summed E-state index contributed by atoms with van der Waals surface area (Å²) in [7, 11) is 0. The van der Waals surface area contributed by atoms with Crippen LogP contribution in [0.3, 0.4) is 0 Å². The number of thioether (sulfide) groups is 1. The molecule has 0 aliphatic carbocycles. The maximum atomic E-state index is 13.1. The molecule has 3 aromatic rings. The molecular formula is C21H22N4OS. The van der Waals surface area contributed by atoms with Gasteiger partial charge < -0.3 is 10.2 Å². The Kier molecular flexibility index (Phi) is 4.99. The van der Waals surface area contributed by atoms with E-state index in [9.17, 15) is 4.79 Å². The number of aromatic nitrogens is 2. The molecule has 1 N–H and O–H groups in total. The van der Waals surface area contributed by atoms with Crippen LogP contribution in [0.2, 0.25) is 0 Å². The van der Waals surface area contributed by atoms with Crippen LogP contribution in [0.5, 0.6) is 0 Å². The Bertz CT molecular complexity index is 999. The number of carbonyl (C=O) groups is 1. The molecule has 0 atom stereocenters. The quantitative estimate of drug-likeness (QED) is 0.670. The Balaban J connectivity index is 1.83. The third-order valence-corrected chi connectivity index (χ3v) is 5.56. The zero-order valence-corrected chi connectivity index (χ0v) is 16.3. The first-order chi connectivity index (χ1) is 13.2. The van der Waals surface area contributed by atoms with E-state index in [2.05, 4.69) is 33.7 Å². The van der Waals surface area contributed by atoms with Crippen LogP contribution in [-0.4, -0.2) is 40.1 Å². The van der Waals surface area contributed by atoms with Gasteiger partial charge >= 0.3 is 0 Å². The van der Waals surface area contributed by atoms with E-state index in [-0.39, 0.29) is 5.91 Å². The van der Waals surface area contributed by atoms with Gasteiger partial charge in [-0.25, -0.2) is 9.97 Å². The summed E-state index contributed by atoms with van der Waals surface area (Å²) in [6, 6.07) is 12.1. The molecule has 3 heterocycles. The summed E-state index contributed by atoms with van der Waals surface area (Å²) < 4.78 is 0. The standard InChI is InChI=1S/C21H22N4OS/c1-14-8-9-17-19(24-15-6-5-7-16(12-15)27-2)18(13-22-20(17)23-14)21(26)25-10-3-4-11-25/h5-9,12-13H,3-4,10-11H2,1-2H3,(H,22,23,24). The smallest absolute Gasteiger partial charge is 0.257 e. The van der Waals surface area contributed by atoms with E-state index >= 15 is 0 Å². The number of aryl methyl sites for hydroxylation is 1. The van der Waals surface area contributed by atoms with E-state index < -0.39 is 0 Å². The van der Waals surface area contributed by atoms with Crippen molar-refractivity contribution in [2.45, 2.75) is 24.7 Å². The highest BCUT2D eigenvalue weighted by atomic mass is 32.2. The van der Waals surface area contributed by atoms with Gasteiger partial charge in [0.05, 0.1) is 11.3 Å². The van der Waals surface area contributed by atoms with Crippen molar-refractivity contribution in [3.8, 4) is 0 Å². The predicted molar refractivity (Wildman–Crippen MR) is 111 cm³/mol. The minimum absolute atomic E-state index is 0.0333. The Morgan fingerprint density at radius 2 is 2.00 bits per heavy atom. The van der Waals surface area contributed by atoms with E-state index in [1.54, 1.807) is 18.0 Å². The first-order valence-electron chi connectivity index (χ1n) is 9.12. The van der Waals surface area contributed by atoms with E-state index in [0.717, 1.165) is 48.4 Å². The lowest BCUT2D eigenvalue weighted by Gasteiger charge is -2.19. The molecule has 0 saturated carbocycles. The first-order valence-corrected chi connectivity index (χ1v) is 10.3. The van der Waals surface area contributed by atoms with Crippen LogP contribution in [0.25, 0.3) is 11.0 Å². The second kappa shape index (κ2) is 7.56. The zero-order chi connectivity index (χ0) is 18.8. The van der Waals surface area contributed by atoms with Crippen molar-refractivity contribution >= 4 is 40.1 Å². The number of anilines is 2. The van der Waals surface area contributed by atoms with Crippen LogP contribution >= 0.6 is 11.8 Å². The van der Waals surface area contributed by atoms with Gasteiger partial charge in [0, 0.05) is 40.9 Å². The van der Waals surface area contributed by atoms with E-state index in [1.165, 1.54) is 4.90 Å². The molecule has 2 aromatic heterocycles. The Morgan fingerprint density at radius 3 is 2.78 bits per heavy atom. The number of likely N-dealkylation sites (tertiary alicyclic amines) is 1. The summed E-state index contributed by atoms with van der Waals surface area (Å²) in [5.74, 6) is 0.0333. The molecule has 1 aliphatic heterocycles. The van der Waals surface area contributed by atoms with Crippen LogP contribution in [0, 0.1) is 6.92 Å². The van der Waals surface area contributed by atoms with Crippen LogP contribution < -0.4 is 5.32 Å². The first kappa shape index (κ1) is 17.8. The molecule has 1 aliphatic rings. The number of fused-ring (bicyclic) bond motifs is 1. The van der Waals surface area contributed by atoms with Gasteiger partial charge in [0.25, 0.3) is 5.91 Å². The lowest BCUT2D eigenvalue weighted by Crippen LogP contribution is -2.28. The van der Waals surface area contributed by atoms with Crippen molar-refractivity contribution < 1.29 is 4.79 Å². The van der Waals surface area contributed by atoms with Crippen LogP contribution in [0.15, 0.2) is 47.5 Å². The van der Waals surface area contributed by atoms with E-state index in [0.29, 0.717) is 11.2 Å². The number of hydrogen-bond acceptors (Lipinski definition) is 5. The molecule has 0 unspecified atom stereocenters. The van der Waals surface area contributed by atoms with Gasteiger partial charge in [0.15, 0.2) is 5.65 Å². The highest BCUT2D eigenvalue weighted by Gasteiger charge is 2.24. The number of rotatable bonds is 4. The minimum Gasteiger partial charge on any atom is -0.354 e. The number of amides is 1. The molecule has 138 valence electrons. The third kappa shape index (κ3) is 3.62. The maximum absolute atomic E-state index is 13.1. The fraction of sp³-hybridized carbons (Fsp3) is 0.286. The van der Waals surface area contributed by atoms with Crippen molar-refractivity contribution in [3.05, 3.63) is 53.9 Å². The second-order valence-electron chi connectivity index (χ2n) is 6.73. The molecule has 0 radical (unpaired) electrons. The SMILES string of the molecule is CSc1cccc(Nc2c(C(=O)N3CCCC3)cnc3nc(C)ccc23)c1. The number of benzene rings is 1. The van der Waals surface area contributed by atoms with Gasteiger partial charge in [-0.3, -0.25) is 4.79 Å². The molecule has 1 amide bonds. The second-order valence-corrected chi connectivity index (χ2v) is 7.61. The van der Waals surface area contributed by atoms with Gasteiger partial charge in [-0.15, -0.1) is 11.8 Å². The fourth-order valence-corrected chi connectivity index (χ4v) is 3.86. The zero-order valence-electron chi connectivity index (χ0n) is 15.5. The summed E-state index contributed by atoms with van der Waals surface area (Å²) in [6.45, 7) is 3.56. The van der Waals surface area contributed by atoms with Gasteiger partial charge in [-0.05, 0) is 56.4 Å². The Hall–Kier alpha value is -2.60. The van der Waals surface area contributed by atoms with Gasteiger partial charge in [0.1, 0.15) is 0 Å². The molecule has 1 aromatic carbocycles. The topological polar surface area (TPSA) is 58.1 Å². The van der Waals surface area contributed by atoms with Gasteiger partial charge in [-0.2, -0.15) is 0 Å². The van der Waals surface area contributed by atoms with Crippen molar-refractivity contribution in [3.63, 3.8) is 0 Å². The number of nitrogens with zero attached hydrogens (tertiary/aromatic N) is 3. The molecule has 0 spiro atoms. The van der Waals surface area contributed by atoms with Crippen molar-refractivity contribution in [1.29, 1.82) is 0 Å². The lowest BCUT2D eigenvalue weighted by molar-refractivity contribution is 0.0793. The van der Waals surface area contributed by atoms with Crippen molar-refractivity contribution in [2.24, 2.45) is 0 Å². The fourth-order valence-electron chi connectivity index (χ4n) is 3.40. The monoisotopic (exact) mass is 378 g/mol. The lowest BCUT2D eigenvalue weighted by atomic mass is 10.1. The molecule has 4 rings (SSSR count). The minimum atomic E-state index is 0.0333. The van der Waals surface area contributed by atoms with E-state index in [4.69, 9.17) is 0 Å². The van der Waals surface area contributed by atoms with Crippen LogP contribution in [-0.2, 0) is 0 Å². The summed E-state index contributed by atoms with van der Waals surface area (Å²) in [4.78, 5) is 25.2. The van der Waals surface area contributed by atoms with Crippen molar-refractivity contribution in [2.75, 3.05) is 24.7 Å². The highest BCUT2D eigenvalue weighted by molar-refractivity contribution is 7.98. The number of hydrogen-bond donors (Lipinski definition) is 1. The molecule has 5 nitrogen and oxygen atoms in total. The Labute approximate surface area is 163 Å². The van der Waals surface area contributed by atoms with Crippen LogP contribution in [0.1, 0.15) is 28.9 Å². The summed E-state index contributed by atoms with van der Waals surface area (Å²) in [5.41, 5.74) is 3.89. The molecule has 1 saturated heterocycles. The van der Waals surface area contributed by atoms with Crippen molar-refractivity contribution in [1.82, 2.24) is 14.9 Å². The number of pyridine rings is 2. The normalized spacial score (nSPS) is 13.9. The maximum Gasteiger partial charge on any atom is 0.257 e. The summed E-state index contributed by atoms with van der Waals surface area (Å²) in [5, 5.41) is 4.33. The average molecular weight is 379 g/mol. The number of nitrogens with one attached hydrogen (secondary N) is 1. The number of carbonyl (C=O) groups excluding carboxylic acids is 1.